The molecule has 0 amide bonds. The van der Waals surface area contributed by atoms with Gasteiger partial charge in [0.05, 0.1) is 6.54 Å². The predicted octanol–water partition coefficient (Wildman–Crippen LogP) is 9.51. The molecule has 1 aliphatic carbocycles. The van der Waals surface area contributed by atoms with E-state index in [1.165, 1.54) is 37.7 Å². The van der Waals surface area contributed by atoms with Crippen LogP contribution in [0.15, 0.2) is 79.2 Å². The molecule has 0 radical (unpaired) electrons. The SMILES string of the molecule is C=CC(C)CNC(=C)CNC(=C)C(C)C(/C=C(\C)C(CC)CC(C)C)CCC(C)C1CC1c1ccccc1. The molecule has 38 heavy (non-hydrogen) atoms. The van der Waals surface area contributed by atoms with E-state index < -0.39 is 0 Å². The maximum Gasteiger partial charge on any atom is 0.0538 e. The van der Waals surface area contributed by atoms with Crippen LogP contribution in [0.1, 0.15) is 92.1 Å². The highest BCUT2D eigenvalue weighted by molar-refractivity contribution is 5.26. The van der Waals surface area contributed by atoms with E-state index in [0.29, 0.717) is 30.2 Å². The molecule has 212 valence electrons. The van der Waals surface area contributed by atoms with E-state index in [2.05, 4.69) is 115 Å². The van der Waals surface area contributed by atoms with Crippen molar-refractivity contribution in [2.75, 3.05) is 13.1 Å². The summed E-state index contributed by atoms with van der Waals surface area (Å²) in [7, 11) is 0. The highest BCUT2D eigenvalue weighted by Gasteiger charge is 2.41. The fourth-order valence-corrected chi connectivity index (χ4v) is 5.88. The van der Waals surface area contributed by atoms with Crippen molar-refractivity contribution in [2.24, 2.45) is 41.4 Å². The summed E-state index contributed by atoms with van der Waals surface area (Å²) in [5, 5.41) is 7.02. The van der Waals surface area contributed by atoms with Crippen molar-refractivity contribution < 1.29 is 0 Å². The Morgan fingerprint density at radius 3 is 2.32 bits per heavy atom. The first kappa shape index (κ1) is 32.0. The highest BCUT2D eigenvalue weighted by Crippen LogP contribution is 2.53. The van der Waals surface area contributed by atoms with E-state index in [0.717, 1.165) is 41.6 Å². The van der Waals surface area contributed by atoms with Crippen molar-refractivity contribution in [3.8, 4) is 0 Å². The highest BCUT2D eigenvalue weighted by atomic mass is 15.0. The lowest BCUT2D eigenvalue weighted by atomic mass is 9.80. The Kier molecular flexibility index (Phi) is 13.5. The molecular formula is C36H58N2. The summed E-state index contributed by atoms with van der Waals surface area (Å²) in [6.45, 7) is 30.5. The molecule has 0 aliphatic heterocycles. The molecule has 1 aromatic carbocycles. The minimum atomic E-state index is 0.373. The maximum atomic E-state index is 4.48. The van der Waals surface area contributed by atoms with E-state index >= 15 is 0 Å². The van der Waals surface area contributed by atoms with Crippen LogP contribution in [-0.2, 0) is 0 Å². The number of benzene rings is 1. The number of hydrogen-bond donors (Lipinski definition) is 2. The van der Waals surface area contributed by atoms with E-state index in [-0.39, 0.29) is 0 Å². The van der Waals surface area contributed by atoms with Gasteiger partial charge in [-0.15, -0.1) is 6.58 Å². The van der Waals surface area contributed by atoms with Gasteiger partial charge in [0.1, 0.15) is 0 Å². The van der Waals surface area contributed by atoms with Gasteiger partial charge < -0.3 is 10.6 Å². The molecule has 0 aromatic heterocycles. The quantitative estimate of drug-likeness (QED) is 0.178. The zero-order valence-electron chi connectivity index (χ0n) is 25.7. The third kappa shape index (κ3) is 10.5. The monoisotopic (exact) mass is 518 g/mol. The summed E-state index contributed by atoms with van der Waals surface area (Å²) in [5.41, 5.74) is 5.22. The van der Waals surface area contributed by atoms with Crippen molar-refractivity contribution in [3.05, 3.63) is 84.8 Å². The Labute approximate surface area is 236 Å². The topological polar surface area (TPSA) is 24.1 Å². The van der Waals surface area contributed by atoms with Crippen LogP contribution in [0.2, 0.25) is 0 Å². The zero-order chi connectivity index (χ0) is 28.2. The molecule has 2 N–H and O–H groups in total. The normalized spacial score (nSPS) is 21.2. The number of hydrogen-bond acceptors (Lipinski definition) is 2. The first-order valence-corrected chi connectivity index (χ1v) is 15.3. The van der Waals surface area contributed by atoms with Gasteiger partial charge in [0.25, 0.3) is 0 Å². The van der Waals surface area contributed by atoms with Gasteiger partial charge in [-0.1, -0.05) is 103 Å². The Bertz CT molecular complexity index is 895. The van der Waals surface area contributed by atoms with Crippen LogP contribution < -0.4 is 10.6 Å². The second-order valence-corrected chi connectivity index (χ2v) is 12.6. The van der Waals surface area contributed by atoms with Crippen molar-refractivity contribution >= 4 is 0 Å². The van der Waals surface area contributed by atoms with E-state index in [9.17, 15) is 0 Å². The van der Waals surface area contributed by atoms with Crippen molar-refractivity contribution in [2.45, 2.75) is 86.5 Å². The van der Waals surface area contributed by atoms with E-state index in [1.54, 1.807) is 5.57 Å². The summed E-state index contributed by atoms with van der Waals surface area (Å²) in [6.07, 6.45) is 10.9. The smallest absolute Gasteiger partial charge is 0.0538 e. The predicted molar refractivity (Wildman–Crippen MR) is 169 cm³/mol. The van der Waals surface area contributed by atoms with E-state index in [1.807, 2.05) is 6.08 Å². The molecule has 2 nitrogen and oxygen atoms in total. The average molecular weight is 519 g/mol. The minimum Gasteiger partial charge on any atom is -0.387 e. The van der Waals surface area contributed by atoms with Crippen LogP contribution in [0.25, 0.3) is 0 Å². The van der Waals surface area contributed by atoms with Crippen LogP contribution in [-0.4, -0.2) is 13.1 Å². The molecule has 1 saturated carbocycles. The van der Waals surface area contributed by atoms with Crippen LogP contribution in [0.3, 0.4) is 0 Å². The standard InChI is InChI=1S/C36H58N2/c1-11-26(5)23-37-29(8)24-38-31(10)30(9)34(21-28(7)32(12-2)20-25(3)4)19-18-27(6)35-22-36(35)33-16-14-13-15-17-33/h11,13-17,21,25-27,30,32,34-38H,1,8,10,12,18-20,22-24H2,2-7,9H3/b28-21+. The number of nitrogens with one attached hydrogen (secondary N) is 2. The van der Waals surface area contributed by atoms with Crippen LogP contribution in [0.5, 0.6) is 0 Å². The minimum absolute atomic E-state index is 0.373. The Hall–Kier alpha value is -2.22. The largest absolute Gasteiger partial charge is 0.387 e. The third-order valence-electron chi connectivity index (χ3n) is 8.92. The fourth-order valence-electron chi connectivity index (χ4n) is 5.88. The first-order chi connectivity index (χ1) is 18.1. The fraction of sp³-hybridized carbons (Fsp3) is 0.611. The Balaban J connectivity index is 2.04. The molecule has 1 aromatic rings. The summed E-state index contributed by atoms with van der Waals surface area (Å²) in [5.74, 6) is 5.03. The molecule has 0 bridgehead atoms. The summed E-state index contributed by atoms with van der Waals surface area (Å²) in [4.78, 5) is 0. The summed E-state index contributed by atoms with van der Waals surface area (Å²) in [6, 6.07) is 11.1. The molecule has 0 heterocycles. The first-order valence-electron chi connectivity index (χ1n) is 15.3. The van der Waals surface area contributed by atoms with Crippen LogP contribution in [0.4, 0.5) is 0 Å². The Morgan fingerprint density at radius 2 is 1.71 bits per heavy atom. The molecule has 2 rings (SSSR count). The summed E-state index contributed by atoms with van der Waals surface area (Å²) >= 11 is 0. The van der Waals surface area contributed by atoms with Crippen molar-refractivity contribution in [1.29, 1.82) is 0 Å². The van der Waals surface area contributed by atoms with Gasteiger partial charge in [-0.2, -0.15) is 0 Å². The van der Waals surface area contributed by atoms with Crippen molar-refractivity contribution in [3.63, 3.8) is 0 Å². The van der Waals surface area contributed by atoms with Gasteiger partial charge in [0, 0.05) is 23.9 Å². The second-order valence-electron chi connectivity index (χ2n) is 12.6. The molecule has 0 spiro atoms. The third-order valence-corrected chi connectivity index (χ3v) is 8.92. The lowest BCUT2D eigenvalue weighted by molar-refractivity contribution is 0.359. The molecule has 2 heteroatoms. The molecule has 1 fully saturated rings. The lowest BCUT2D eigenvalue weighted by Gasteiger charge is -2.28. The van der Waals surface area contributed by atoms with E-state index in [4.69, 9.17) is 0 Å². The molecule has 7 unspecified atom stereocenters. The van der Waals surface area contributed by atoms with Gasteiger partial charge >= 0.3 is 0 Å². The molecule has 7 atom stereocenters. The molecule has 0 saturated heterocycles. The van der Waals surface area contributed by atoms with Crippen LogP contribution >= 0.6 is 0 Å². The maximum absolute atomic E-state index is 4.48. The van der Waals surface area contributed by atoms with Gasteiger partial charge in [-0.05, 0) is 86.0 Å². The average Bonchev–Trinajstić information content (AvgIpc) is 3.72. The number of allylic oxidation sites excluding steroid dienone is 3. The second kappa shape index (κ2) is 16.0. The Morgan fingerprint density at radius 1 is 1.03 bits per heavy atom. The zero-order valence-corrected chi connectivity index (χ0v) is 25.7. The molecular weight excluding hydrogens is 460 g/mol. The number of rotatable bonds is 19. The summed E-state index contributed by atoms with van der Waals surface area (Å²) < 4.78 is 0. The van der Waals surface area contributed by atoms with Gasteiger partial charge in [-0.25, -0.2) is 0 Å². The van der Waals surface area contributed by atoms with Gasteiger partial charge in [0.2, 0.25) is 0 Å². The lowest BCUT2D eigenvalue weighted by Crippen LogP contribution is -2.30. The van der Waals surface area contributed by atoms with Crippen LogP contribution in [0, 0.1) is 41.4 Å². The van der Waals surface area contributed by atoms with Crippen molar-refractivity contribution in [1.82, 2.24) is 10.6 Å². The van der Waals surface area contributed by atoms with Gasteiger partial charge in [-0.3, -0.25) is 0 Å². The molecule has 1 aliphatic rings. The van der Waals surface area contributed by atoms with Gasteiger partial charge in [0.15, 0.2) is 0 Å².